The van der Waals surface area contributed by atoms with Crippen LogP contribution < -0.4 is 10.1 Å². The summed E-state index contributed by atoms with van der Waals surface area (Å²) in [5, 5.41) is 2.75. The summed E-state index contributed by atoms with van der Waals surface area (Å²) in [4.78, 5) is 11.7. The molecule has 3 nitrogen and oxygen atoms in total. The Labute approximate surface area is 130 Å². The van der Waals surface area contributed by atoms with Gasteiger partial charge in [-0.2, -0.15) is 0 Å². The van der Waals surface area contributed by atoms with E-state index in [4.69, 9.17) is 4.74 Å². The molecule has 0 aliphatic heterocycles. The van der Waals surface area contributed by atoms with Gasteiger partial charge in [0, 0.05) is 9.26 Å². The van der Waals surface area contributed by atoms with Gasteiger partial charge in [-0.3, -0.25) is 4.79 Å². The Kier molecular flexibility index (Phi) is 4.94. The van der Waals surface area contributed by atoms with Crippen molar-refractivity contribution in [2.75, 3.05) is 11.9 Å². The highest BCUT2D eigenvalue weighted by Gasteiger charge is 2.05. The first-order valence-electron chi connectivity index (χ1n) is 5.99. The first-order chi connectivity index (χ1) is 9.54. The van der Waals surface area contributed by atoms with Crippen molar-refractivity contribution in [2.45, 2.75) is 6.92 Å². The van der Waals surface area contributed by atoms with Gasteiger partial charge in [0.15, 0.2) is 6.61 Å². The molecule has 2 rings (SSSR count). The Hall–Kier alpha value is -1.63. The molecular weight excluding hydrogens is 372 g/mol. The average molecular weight is 385 g/mol. The molecule has 0 aromatic heterocycles. The number of benzene rings is 2. The highest BCUT2D eigenvalue weighted by atomic mass is 127. The van der Waals surface area contributed by atoms with Crippen LogP contribution in [0.25, 0.3) is 0 Å². The fourth-order valence-corrected chi connectivity index (χ4v) is 2.06. The van der Waals surface area contributed by atoms with Crippen LogP contribution >= 0.6 is 22.6 Å². The zero-order chi connectivity index (χ0) is 14.5. The normalized spacial score (nSPS) is 10.2. The second kappa shape index (κ2) is 6.69. The molecule has 0 unspecified atom stereocenters. The molecule has 0 radical (unpaired) electrons. The third kappa shape index (κ3) is 4.19. The number of ether oxygens (including phenoxy) is 1. The molecule has 104 valence electrons. The van der Waals surface area contributed by atoms with Crippen LogP contribution in [-0.4, -0.2) is 12.5 Å². The first-order valence-corrected chi connectivity index (χ1v) is 7.07. The molecule has 0 aliphatic rings. The monoisotopic (exact) mass is 385 g/mol. The lowest BCUT2D eigenvalue weighted by Gasteiger charge is -2.08. The van der Waals surface area contributed by atoms with E-state index in [-0.39, 0.29) is 18.3 Å². The summed E-state index contributed by atoms with van der Waals surface area (Å²) >= 11 is 2.21. The highest BCUT2D eigenvalue weighted by molar-refractivity contribution is 14.1. The van der Waals surface area contributed by atoms with Gasteiger partial charge in [-0.25, -0.2) is 4.39 Å². The third-order valence-electron chi connectivity index (χ3n) is 2.64. The Balaban J connectivity index is 1.89. The van der Waals surface area contributed by atoms with E-state index in [1.54, 1.807) is 0 Å². The number of amides is 1. The van der Waals surface area contributed by atoms with Gasteiger partial charge < -0.3 is 10.1 Å². The van der Waals surface area contributed by atoms with Crippen LogP contribution in [0.15, 0.2) is 42.5 Å². The largest absolute Gasteiger partial charge is 0.484 e. The summed E-state index contributed by atoms with van der Waals surface area (Å²) in [6.45, 7) is 1.89. The van der Waals surface area contributed by atoms with Gasteiger partial charge >= 0.3 is 0 Å². The van der Waals surface area contributed by atoms with Crippen molar-refractivity contribution < 1.29 is 13.9 Å². The van der Waals surface area contributed by atoms with Crippen LogP contribution in [0.2, 0.25) is 0 Å². The van der Waals surface area contributed by atoms with Crippen molar-refractivity contribution in [1.82, 2.24) is 0 Å². The minimum Gasteiger partial charge on any atom is -0.484 e. The molecule has 0 saturated carbocycles. The van der Waals surface area contributed by atoms with Crippen molar-refractivity contribution >= 4 is 34.2 Å². The Morgan fingerprint density at radius 1 is 1.25 bits per heavy atom. The molecular formula is C15H13FINO2. The lowest BCUT2D eigenvalue weighted by Crippen LogP contribution is -2.20. The molecule has 0 aliphatic carbocycles. The zero-order valence-electron chi connectivity index (χ0n) is 10.8. The van der Waals surface area contributed by atoms with Crippen LogP contribution in [0.5, 0.6) is 5.75 Å². The summed E-state index contributed by atoms with van der Waals surface area (Å²) in [6, 6.07) is 11.2. The molecule has 0 heterocycles. The van der Waals surface area contributed by atoms with Crippen LogP contribution in [-0.2, 0) is 4.79 Å². The standard InChI is InChI=1S/C15H13FINO2/c1-10-2-5-12(8-14(10)17)18-15(19)9-20-13-6-3-11(16)4-7-13/h2-8H,9H2,1H3,(H,18,19). The zero-order valence-corrected chi connectivity index (χ0v) is 13.0. The van der Waals surface area contributed by atoms with Crippen molar-refractivity contribution in [3.63, 3.8) is 0 Å². The van der Waals surface area contributed by atoms with E-state index >= 15 is 0 Å². The lowest BCUT2D eigenvalue weighted by molar-refractivity contribution is -0.118. The predicted octanol–water partition coefficient (Wildman–Crippen LogP) is 3.76. The number of aryl methyl sites for hydroxylation is 1. The SMILES string of the molecule is Cc1ccc(NC(=O)COc2ccc(F)cc2)cc1I. The smallest absolute Gasteiger partial charge is 0.262 e. The van der Waals surface area contributed by atoms with E-state index in [0.717, 1.165) is 14.8 Å². The van der Waals surface area contributed by atoms with E-state index in [9.17, 15) is 9.18 Å². The third-order valence-corrected chi connectivity index (χ3v) is 3.80. The Morgan fingerprint density at radius 3 is 2.60 bits per heavy atom. The van der Waals surface area contributed by atoms with Crippen molar-refractivity contribution in [3.8, 4) is 5.75 Å². The van der Waals surface area contributed by atoms with Gasteiger partial charge in [-0.1, -0.05) is 6.07 Å². The van der Waals surface area contributed by atoms with E-state index in [1.807, 2.05) is 25.1 Å². The van der Waals surface area contributed by atoms with Crippen molar-refractivity contribution in [1.29, 1.82) is 0 Å². The molecule has 2 aromatic carbocycles. The van der Waals surface area contributed by atoms with Crippen LogP contribution in [0.3, 0.4) is 0 Å². The molecule has 0 fully saturated rings. The number of hydrogen-bond donors (Lipinski definition) is 1. The molecule has 0 bridgehead atoms. The lowest BCUT2D eigenvalue weighted by atomic mass is 10.2. The summed E-state index contributed by atoms with van der Waals surface area (Å²) in [6.07, 6.45) is 0. The van der Waals surface area contributed by atoms with Gasteiger partial charge in [-0.15, -0.1) is 0 Å². The van der Waals surface area contributed by atoms with Gasteiger partial charge in [-0.05, 0) is 71.5 Å². The summed E-state index contributed by atoms with van der Waals surface area (Å²) in [7, 11) is 0. The molecule has 0 spiro atoms. The Bertz CT molecular complexity index is 614. The molecule has 0 atom stereocenters. The number of carbonyl (C=O) groups is 1. The number of halogens is 2. The number of nitrogens with one attached hydrogen (secondary N) is 1. The van der Waals surface area contributed by atoms with Crippen LogP contribution in [0, 0.1) is 16.3 Å². The van der Waals surface area contributed by atoms with E-state index in [2.05, 4.69) is 27.9 Å². The van der Waals surface area contributed by atoms with Crippen molar-refractivity contribution in [3.05, 3.63) is 57.4 Å². The molecule has 2 aromatic rings. The summed E-state index contributed by atoms with van der Waals surface area (Å²) in [5.74, 6) is -0.134. The maximum absolute atomic E-state index is 12.7. The number of rotatable bonds is 4. The first kappa shape index (κ1) is 14.8. The number of hydrogen-bond acceptors (Lipinski definition) is 2. The van der Waals surface area contributed by atoms with Gasteiger partial charge in [0.2, 0.25) is 0 Å². The van der Waals surface area contributed by atoms with Crippen LogP contribution in [0.4, 0.5) is 10.1 Å². The average Bonchev–Trinajstić information content (AvgIpc) is 2.42. The minimum atomic E-state index is -0.337. The predicted molar refractivity (Wildman–Crippen MR) is 84.4 cm³/mol. The van der Waals surface area contributed by atoms with E-state index in [0.29, 0.717) is 5.75 Å². The van der Waals surface area contributed by atoms with Crippen molar-refractivity contribution in [2.24, 2.45) is 0 Å². The quantitative estimate of drug-likeness (QED) is 0.815. The number of anilines is 1. The second-order valence-electron chi connectivity index (χ2n) is 4.25. The van der Waals surface area contributed by atoms with Gasteiger partial charge in [0.1, 0.15) is 11.6 Å². The molecule has 0 saturated heterocycles. The molecule has 1 amide bonds. The highest BCUT2D eigenvalue weighted by Crippen LogP contribution is 2.17. The summed E-state index contributed by atoms with van der Waals surface area (Å²) in [5.41, 5.74) is 1.89. The summed E-state index contributed by atoms with van der Waals surface area (Å²) < 4.78 is 19.1. The Morgan fingerprint density at radius 2 is 1.95 bits per heavy atom. The van der Waals surface area contributed by atoms with E-state index < -0.39 is 0 Å². The van der Waals surface area contributed by atoms with E-state index in [1.165, 1.54) is 24.3 Å². The molecule has 5 heteroatoms. The fourth-order valence-electron chi connectivity index (χ4n) is 1.55. The maximum Gasteiger partial charge on any atom is 0.262 e. The molecule has 1 N–H and O–H groups in total. The second-order valence-corrected chi connectivity index (χ2v) is 5.42. The molecule has 20 heavy (non-hydrogen) atoms. The minimum absolute atomic E-state index is 0.115. The fraction of sp³-hybridized carbons (Fsp3) is 0.133. The van der Waals surface area contributed by atoms with Crippen LogP contribution in [0.1, 0.15) is 5.56 Å². The van der Waals surface area contributed by atoms with Gasteiger partial charge in [0.05, 0.1) is 0 Å². The number of carbonyl (C=O) groups excluding carboxylic acids is 1. The van der Waals surface area contributed by atoms with Gasteiger partial charge in [0.25, 0.3) is 5.91 Å². The maximum atomic E-state index is 12.7. The topological polar surface area (TPSA) is 38.3 Å².